The molecule has 6 heteroatoms. The summed E-state index contributed by atoms with van der Waals surface area (Å²) in [4.78, 5) is 9.89. The van der Waals surface area contributed by atoms with Crippen LogP contribution in [-0.2, 0) is 29.0 Å². The largest absolute Gasteiger partial charge is 0.492 e. The summed E-state index contributed by atoms with van der Waals surface area (Å²) in [5.74, 6) is 1.84. The Morgan fingerprint density at radius 3 is 2.54 bits per heavy atom. The first kappa shape index (κ1) is 30.5. The van der Waals surface area contributed by atoms with E-state index in [0.29, 0.717) is 18.8 Å². The van der Waals surface area contributed by atoms with Gasteiger partial charge < -0.3 is 24.6 Å². The van der Waals surface area contributed by atoms with Crippen LogP contribution in [0.4, 0.5) is 0 Å². The number of hydrogen-bond acceptors (Lipinski definition) is 6. The molecule has 6 nitrogen and oxygen atoms in total. The molecule has 0 fully saturated rings. The molecule has 39 heavy (non-hydrogen) atoms. The highest BCUT2D eigenvalue weighted by Gasteiger charge is 2.21. The maximum absolute atomic E-state index is 9.28. The molecule has 0 heterocycles. The maximum atomic E-state index is 9.28. The lowest BCUT2D eigenvalue weighted by Gasteiger charge is -2.24. The fourth-order valence-corrected chi connectivity index (χ4v) is 4.71. The van der Waals surface area contributed by atoms with Gasteiger partial charge in [0, 0.05) is 24.0 Å². The predicted octanol–water partition coefficient (Wildman–Crippen LogP) is 6.49. The van der Waals surface area contributed by atoms with Gasteiger partial charge >= 0.3 is 0 Å². The second-order valence-electron chi connectivity index (χ2n) is 9.96. The van der Waals surface area contributed by atoms with Crippen molar-refractivity contribution in [3.63, 3.8) is 0 Å². The first-order valence-corrected chi connectivity index (χ1v) is 14.1. The zero-order valence-corrected chi connectivity index (χ0v) is 23.5. The van der Waals surface area contributed by atoms with Crippen LogP contribution in [0.25, 0.3) is 6.08 Å². The van der Waals surface area contributed by atoms with Crippen LogP contribution in [0, 0.1) is 0 Å². The number of aliphatic hydroxyl groups excluding tert-OH is 2. The maximum Gasteiger partial charge on any atom is 0.160 e. The molecule has 0 bridgehead atoms. The zero-order chi connectivity index (χ0) is 28.0. The Labute approximate surface area is 233 Å². The van der Waals surface area contributed by atoms with Crippen LogP contribution in [-0.4, -0.2) is 43.2 Å². The van der Waals surface area contributed by atoms with E-state index in [0.717, 1.165) is 41.7 Å². The lowest BCUT2D eigenvalue weighted by molar-refractivity contribution is -0.268. The summed E-state index contributed by atoms with van der Waals surface area (Å²) in [7, 11) is 0. The first-order valence-electron chi connectivity index (χ1n) is 14.1. The van der Waals surface area contributed by atoms with Crippen LogP contribution in [0.5, 0.6) is 11.5 Å². The van der Waals surface area contributed by atoms with E-state index in [1.807, 2.05) is 6.07 Å². The number of rotatable bonds is 18. The molecule has 1 unspecified atom stereocenters. The van der Waals surface area contributed by atoms with Crippen LogP contribution in [0.3, 0.4) is 0 Å². The van der Waals surface area contributed by atoms with Gasteiger partial charge in [0.2, 0.25) is 0 Å². The van der Waals surface area contributed by atoms with E-state index in [9.17, 15) is 5.11 Å². The van der Waals surface area contributed by atoms with Crippen molar-refractivity contribution >= 4 is 6.08 Å². The highest BCUT2D eigenvalue weighted by Crippen LogP contribution is 2.38. The van der Waals surface area contributed by atoms with Gasteiger partial charge in [-0.1, -0.05) is 70.2 Å². The molecular weight excluding hydrogens is 492 g/mol. The van der Waals surface area contributed by atoms with Crippen LogP contribution in [0.15, 0.2) is 60.9 Å². The van der Waals surface area contributed by atoms with Crippen molar-refractivity contribution in [3.8, 4) is 11.5 Å². The molecule has 0 saturated heterocycles. The molecule has 0 saturated carbocycles. The van der Waals surface area contributed by atoms with E-state index in [1.165, 1.54) is 36.0 Å². The van der Waals surface area contributed by atoms with Gasteiger partial charge in [0.1, 0.15) is 31.3 Å². The topological polar surface area (TPSA) is 77.4 Å². The average molecular weight is 537 g/mol. The Hall–Kier alpha value is -3.06. The number of unbranched alkanes of at least 4 members (excludes halogenated alkanes) is 2. The number of hydrogen-bond donors (Lipinski definition) is 2. The normalized spacial score (nSPS) is 14.1. The molecule has 2 aromatic rings. The number of allylic oxidation sites excluding steroid dienone is 1. The zero-order valence-electron chi connectivity index (χ0n) is 23.5. The number of aliphatic hydroxyl groups is 2. The summed E-state index contributed by atoms with van der Waals surface area (Å²) in [6, 6.07) is 11.0. The van der Waals surface area contributed by atoms with Crippen molar-refractivity contribution < 1.29 is 29.5 Å². The highest BCUT2D eigenvalue weighted by molar-refractivity contribution is 5.67. The molecule has 0 spiro atoms. The van der Waals surface area contributed by atoms with Gasteiger partial charge in [-0.2, -0.15) is 4.89 Å². The van der Waals surface area contributed by atoms with Crippen LogP contribution >= 0.6 is 0 Å². The number of benzene rings is 2. The average Bonchev–Trinajstić information content (AvgIpc) is 2.96. The summed E-state index contributed by atoms with van der Waals surface area (Å²) in [5, 5.41) is 18.2. The molecule has 212 valence electrons. The van der Waals surface area contributed by atoms with Crippen molar-refractivity contribution in [1.82, 2.24) is 0 Å². The molecule has 0 aliphatic heterocycles. The monoisotopic (exact) mass is 536 g/mol. The van der Waals surface area contributed by atoms with Gasteiger partial charge in [-0.25, -0.2) is 0 Å². The van der Waals surface area contributed by atoms with Gasteiger partial charge in [0.15, 0.2) is 5.76 Å². The van der Waals surface area contributed by atoms with Crippen molar-refractivity contribution in [2.75, 3.05) is 33.0 Å². The third-order valence-corrected chi connectivity index (χ3v) is 6.95. The Morgan fingerprint density at radius 1 is 0.949 bits per heavy atom. The van der Waals surface area contributed by atoms with Crippen molar-refractivity contribution in [3.05, 3.63) is 88.7 Å². The van der Waals surface area contributed by atoms with E-state index in [-0.39, 0.29) is 38.1 Å². The summed E-state index contributed by atoms with van der Waals surface area (Å²) < 4.78 is 12.1. The predicted molar refractivity (Wildman–Crippen MR) is 156 cm³/mol. The third kappa shape index (κ3) is 9.27. The minimum atomic E-state index is -0.300. The van der Waals surface area contributed by atoms with E-state index in [4.69, 9.17) is 24.4 Å². The highest BCUT2D eigenvalue weighted by atomic mass is 17.2. The van der Waals surface area contributed by atoms with Gasteiger partial charge in [0.25, 0.3) is 0 Å². The van der Waals surface area contributed by atoms with Crippen molar-refractivity contribution in [1.29, 1.82) is 0 Å². The van der Waals surface area contributed by atoms with Gasteiger partial charge in [0.05, 0.1) is 13.2 Å². The van der Waals surface area contributed by atoms with E-state index in [1.54, 1.807) is 0 Å². The summed E-state index contributed by atoms with van der Waals surface area (Å²) in [6.45, 7) is 12.4. The second kappa shape index (κ2) is 16.1. The smallest absolute Gasteiger partial charge is 0.160 e. The van der Waals surface area contributed by atoms with Crippen LogP contribution < -0.4 is 9.47 Å². The Balaban J connectivity index is 1.76. The van der Waals surface area contributed by atoms with Crippen molar-refractivity contribution in [2.24, 2.45) is 0 Å². The van der Waals surface area contributed by atoms with Crippen molar-refractivity contribution in [2.45, 2.75) is 64.7 Å². The van der Waals surface area contributed by atoms with Gasteiger partial charge in [-0.05, 0) is 59.6 Å². The standard InChI is InChI=1S/C33H44O6/c1-5-7-8-9-27-10-11-28(18-26(27)6-2)29-12-13-32-30(19-29)20-31(36-16-17-38-39-25(4)23-35)21-33(32)37-15-14-24(3)22-34/h10-13,18,20-21,29,34-35H,3-9,14-17,19,22-23H2,1-2H3. The second-order valence-corrected chi connectivity index (χ2v) is 9.96. The lowest BCUT2D eigenvalue weighted by Crippen LogP contribution is -2.11. The van der Waals surface area contributed by atoms with Crippen LogP contribution in [0.1, 0.15) is 73.3 Å². The summed E-state index contributed by atoms with van der Waals surface area (Å²) in [6.07, 6.45) is 11.8. The van der Waals surface area contributed by atoms with Crippen LogP contribution in [0.2, 0.25) is 0 Å². The lowest BCUT2D eigenvalue weighted by atomic mass is 9.83. The fourth-order valence-electron chi connectivity index (χ4n) is 4.71. The number of aryl methyl sites for hydroxylation is 2. The SMILES string of the molecule is C=C(CO)CCOc1cc(OCCOOC(=C)CO)cc2c1C=CC(c1ccc(CCCCC)c(CC)c1)C2. The minimum Gasteiger partial charge on any atom is -0.492 e. The molecule has 0 radical (unpaired) electrons. The Morgan fingerprint density at radius 2 is 1.79 bits per heavy atom. The molecule has 3 rings (SSSR count). The van der Waals surface area contributed by atoms with E-state index in [2.05, 4.69) is 63.4 Å². The molecule has 1 aliphatic rings. The molecule has 1 atom stereocenters. The van der Waals surface area contributed by atoms with E-state index < -0.39 is 0 Å². The molecule has 0 aromatic heterocycles. The number of fused-ring (bicyclic) bond motifs is 1. The minimum absolute atomic E-state index is 0.0475. The quantitative estimate of drug-likeness (QED) is 0.0746. The summed E-state index contributed by atoms with van der Waals surface area (Å²) >= 11 is 0. The van der Waals surface area contributed by atoms with Gasteiger partial charge in [-0.15, -0.1) is 0 Å². The molecule has 2 N–H and O–H groups in total. The molecular formula is C33H44O6. The summed E-state index contributed by atoms with van der Waals surface area (Å²) in [5.41, 5.74) is 7.19. The fraction of sp³-hybridized carbons (Fsp3) is 0.455. The molecule has 1 aliphatic carbocycles. The number of ether oxygens (including phenoxy) is 2. The van der Waals surface area contributed by atoms with E-state index >= 15 is 0 Å². The van der Waals surface area contributed by atoms with Gasteiger partial charge in [-0.3, -0.25) is 0 Å². The third-order valence-electron chi connectivity index (χ3n) is 6.95. The Bertz CT molecular complexity index is 1120. The molecule has 2 aromatic carbocycles. The molecule has 0 amide bonds. The Kier molecular flexibility index (Phi) is 12.6. The first-order chi connectivity index (χ1) is 19.0.